The van der Waals surface area contributed by atoms with Crippen LogP contribution in [-0.4, -0.2) is 27.6 Å². The molecule has 1 aromatic heterocycles. The number of rotatable bonds is 5. The molecule has 1 atom stereocenters. The van der Waals surface area contributed by atoms with E-state index in [1.807, 2.05) is 50.2 Å². The van der Waals surface area contributed by atoms with Crippen LogP contribution in [0.4, 0.5) is 4.79 Å². The molecule has 3 aromatic rings. The van der Waals surface area contributed by atoms with Gasteiger partial charge in [0, 0.05) is 22.8 Å². The van der Waals surface area contributed by atoms with Crippen LogP contribution in [0.2, 0.25) is 5.02 Å². The first-order chi connectivity index (χ1) is 14.5. The molecule has 6 nitrogen and oxygen atoms in total. The lowest BCUT2D eigenvalue weighted by atomic mass is 9.94. The van der Waals surface area contributed by atoms with Crippen molar-refractivity contribution in [2.75, 3.05) is 6.54 Å². The Bertz CT molecular complexity index is 1130. The Balaban J connectivity index is 1.82. The van der Waals surface area contributed by atoms with Gasteiger partial charge in [0.05, 0.1) is 11.6 Å². The molecule has 0 fully saturated rings. The van der Waals surface area contributed by atoms with Crippen LogP contribution in [0.1, 0.15) is 30.0 Å². The highest BCUT2D eigenvalue weighted by Gasteiger charge is 2.35. The number of nitrogens with one attached hydrogen (secondary N) is 1. The molecule has 2 aromatic carbocycles. The zero-order valence-corrected chi connectivity index (χ0v) is 17.5. The summed E-state index contributed by atoms with van der Waals surface area (Å²) < 4.78 is 5.64. The number of allylic oxidation sites excluding steroid dienone is 1. The number of amides is 2. The Morgan fingerprint density at radius 2 is 2.00 bits per heavy atom. The van der Waals surface area contributed by atoms with Gasteiger partial charge in [0.1, 0.15) is 0 Å². The first kappa shape index (κ1) is 19.9. The van der Waals surface area contributed by atoms with Gasteiger partial charge in [0.2, 0.25) is 5.82 Å². The molecule has 1 aliphatic rings. The summed E-state index contributed by atoms with van der Waals surface area (Å²) in [7, 11) is 0. The number of urea groups is 1. The van der Waals surface area contributed by atoms with Crippen molar-refractivity contribution in [3.63, 3.8) is 0 Å². The third kappa shape index (κ3) is 3.74. The molecular weight excluding hydrogens is 400 g/mol. The van der Waals surface area contributed by atoms with Gasteiger partial charge in [0.15, 0.2) is 0 Å². The van der Waals surface area contributed by atoms with Crippen LogP contribution in [0.3, 0.4) is 0 Å². The van der Waals surface area contributed by atoms with E-state index in [0.29, 0.717) is 23.3 Å². The summed E-state index contributed by atoms with van der Waals surface area (Å²) in [6, 6.07) is 14.7. The summed E-state index contributed by atoms with van der Waals surface area (Å²) in [6.45, 7) is 8.02. The number of nitrogens with zero attached hydrogens (tertiary/aromatic N) is 3. The van der Waals surface area contributed by atoms with Gasteiger partial charge >= 0.3 is 6.03 Å². The second-order valence-electron chi connectivity index (χ2n) is 7.13. The van der Waals surface area contributed by atoms with Gasteiger partial charge in [-0.3, -0.25) is 4.90 Å². The Labute approximate surface area is 179 Å². The number of halogens is 1. The third-order valence-electron chi connectivity index (χ3n) is 5.06. The average molecular weight is 421 g/mol. The standard InChI is InChI=1S/C23H21ClN4O2/c1-4-12-28-15(3)19(20(25-23(28)29)16-10-8-14(2)9-11-16)22-26-21(27-30-22)17-6-5-7-18(24)13-17/h4-11,13,20H,1,12H2,2-3H3,(H,25,29). The second-order valence-corrected chi connectivity index (χ2v) is 7.56. The van der Waals surface area contributed by atoms with Gasteiger partial charge < -0.3 is 9.84 Å². The van der Waals surface area contributed by atoms with E-state index in [9.17, 15) is 4.79 Å². The largest absolute Gasteiger partial charge is 0.334 e. The van der Waals surface area contributed by atoms with Crippen LogP contribution >= 0.6 is 11.6 Å². The topological polar surface area (TPSA) is 71.3 Å². The van der Waals surface area contributed by atoms with Crippen molar-refractivity contribution in [2.45, 2.75) is 19.9 Å². The molecule has 1 N–H and O–H groups in total. The molecule has 0 saturated carbocycles. The van der Waals surface area contributed by atoms with E-state index in [4.69, 9.17) is 16.1 Å². The number of carbonyl (C=O) groups is 1. The number of aromatic nitrogens is 2. The fraction of sp³-hybridized carbons (Fsp3) is 0.174. The molecule has 0 radical (unpaired) electrons. The van der Waals surface area contributed by atoms with Gasteiger partial charge in [-0.2, -0.15) is 4.98 Å². The summed E-state index contributed by atoms with van der Waals surface area (Å²) in [4.78, 5) is 19.0. The number of carbonyl (C=O) groups excluding carboxylic acids is 1. The first-order valence-electron chi connectivity index (χ1n) is 9.54. The van der Waals surface area contributed by atoms with Gasteiger partial charge in [-0.1, -0.05) is 64.8 Å². The Morgan fingerprint density at radius 1 is 1.23 bits per heavy atom. The van der Waals surface area contributed by atoms with Crippen LogP contribution in [-0.2, 0) is 0 Å². The molecule has 1 unspecified atom stereocenters. The fourth-order valence-electron chi connectivity index (χ4n) is 3.49. The van der Waals surface area contributed by atoms with E-state index in [0.717, 1.165) is 28.0 Å². The average Bonchev–Trinajstić information content (AvgIpc) is 3.21. The normalized spacial score (nSPS) is 16.6. The van der Waals surface area contributed by atoms with Crippen LogP contribution in [0.5, 0.6) is 0 Å². The van der Waals surface area contributed by atoms with Crippen molar-refractivity contribution in [2.24, 2.45) is 0 Å². The second kappa shape index (κ2) is 8.16. The maximum atomic E-state index is 12.7. The molecule has 2 heterocycles. The van der Waals surface area contributed by atoms with E-state index >= 15 is 0 Å². The quantitative estimate of drug-likeness (QED) is 0.562. The molecule has 0 aliphatic carbocycles. The minimum absolute atomic E-state index is 0.198. The fourth-order valence-corrected chi connectivity index (χ4v) is 3.68. The minimum Gasteiger partial charge on any atom is -0.334 e. The summed E-state index contributed by atoms with van der Waals surface area (Å²) >= 11 is 6.10. The van der Waals surface area contributed by atoms with Crippen molar-refractivity contribution in [1.82, 2.24) is 20.4 Å². The maximum absolute atomic E-state index is 12.7. The van der Waals surface area contributed by atoms with Crippen LogP contribution in [0, 0.1) is 6.92 Å². The highest BCUT2D eigenvalue weighted by atomic mass is 35.5. The lowest BCUT2D eigenvalue weighted by Crippen LogP contribution is -2.46. The van der Waals surface area contributed by atoms with Crippen molar-refractivity contribution in [1.29, 1.82) is 0 Å². The molecule has 2 amide bonds. The molecule has 1 aliphatic heterocycles. The lowest BCUT2D eigenvalue weighted by molar-refractivity contribution is 0.209. The number of hydrogen-bond acceptors (Lipinski definition) is 4. The zero-order chi connectivity index (χ0) is 21.3. The summed E-state index contributed by atoms with van der Waals surface area (Å²) in [5.74, 6) is 0.782. The number of aryl methyl sites for hydroxylation is 1. The number of benzene rings is 2. The lowest BCUT2D eigenvalue weighted by Gasteiger charge is -2.34. The molecule has 30 heavy (non-hydrogen) atoms. The highest BCUT2D eigenvalue weighted by molar-refractivity contribution is 6.30. The molecule has 4 rings (SSSR count). The first-order valence-corrected chi connectivity index (χ1v) is 9.92. The van der Waals surface area contributed by atoms with Crippen LogP contribution < -0.4 is 5.32 Å². The Kier molecular flexibility index (Phi) is 5.42. The van der Waals surface area contributed by atoms with Crippen LogP contribution in [0.15, 0.2) is 71.4 Å². The van der Waals surface area contributed by atoms with Crippen molar-refractivity contribution < 1.29 is 9.32 Å². The molecule has 0 saturated heterocycles. The molecule has 0 bridgehead atoms. The van der Waals surface area contributed by atoms with E-state index in [1.54, 1.807) is 23.1 Å². The Hall–Kier alpha value is -3.38. The van der Waals surface area contributed by atoms with E-state index in [-0.39, 0.29) is 6.03 Å². The highest BCUT2D eigenvalue weighted by Crippen LogP contribution is 2.37. The monoisotopic (exact) mass is 420 g/mol. The maximum Gasteiger partial charge on any atom is 0.322 e. The van der Waals surface area contributed by atoms with Gasteiger partial charge in [-0.15, -0.1) is 6.58 Å². The molecule has 0 spiro atoms. The summed E-state index contributed by atoms with van der Waals surface area (Å²) in [5.41, 5.74) is 4.32. The van der Waals surface area contributed by atoms with Gasteiger partial charge in [0.25, 0.3) is 5.89 Å². The summed E-state index contributed by atoms with van der Waals surface area (Å²) in [5, 5.41) is 7.79. The Morgan fingerprint density at radius 3 is 2.70 bits per heavy atom. The van der Waals surface area contributed by atoms with Crippen molar-refractivity contribution in [3.05, 3.63) is 88.9 Å². The predicted molar refractivity (Wildman–Crippen MR) is 117 cm³/mol. The van der Waals surface area contributed by atoms with E-state index in [1.165, 1.54) is 0 Å². The van der Waals surface area contributed by atoms with Gasteiger partial charge in [-0.05, 0) is 31.5 Å². The molecule has 152 valence electrons. The SMILES string of the molecule is C=CCN1C(=O)NC(c2ccc(C)cc2)C(c2nc(-c3cccc(Cl)c3)no2)=C1C. The predicted octanol–water partition coefficient (Wildman–Crippen LogP) is 5.38. The van der Waals surface area contributed by atoms with Gasteiger partial charge in [-0.25, -0.2) is 4.79 Å². The molecule has 7 heteroatoms. The van der Waals surface area contributed by atoms with Crippen LogP contribution in [0.25, 0.3) is 17.0 Å². The molecular formula is C23H21ClN4O2. The minimum atomic E-state index is -0.410. The zero-order valence-electron chi connectivity index (χ0n) is 16.7. The van der Waals surface area contributed by atoms with E-state index in [2.05, 4.69) is 22.0 Å². The number of hydrogen-bond donors (Lipinski definition) is 1. The third-order valence-corrected chi connectivity index (χ3v) is 5.29. The van der Waals surface area contributed by atoms with Crippen molar-refractivity contribution in [3.8, 4) is 11.4 Å². The van der Waals surface area contributed by atoms with E-state index < -0.39 is 6.04 Å². The smallest absolute Gasteiger partial charge is 0.322 e. The summed E-state index contributed by atoms with van der Waals surface area (Å²) in [6.07, 6.45) is 1.68. The van der Waals surface area contributed by atoms with Crippen molar-refractivity contribution >= 4 is 23.2 Å².